The van der Waals surface area contributed by atoms with Gasteiger partial charge in [-0.3, -0.25) is 4.79 Å². The van der Waals surface area contributed by atoms with Gasteiger partial charge in [0.25, 0.3) is 0 Å². The Balaban J connectivity index is 2.11. The maximum absolute atomic E-state index is 14.4. The number of alkyl halides is 3. The highest BCUT2D eigenvalue weighted by Crippen LogP contribution is 2.69. The summed E-state index contributed by atoms with van der Waals surface area (Å²) >= 11 is 3.39. The number of aliphatic carboxylic acids is 1. The van der Waals surface area contributed by atoms with Gasteiger partial charge in [0.15, 0.2) is 0 Å². The van der Waals surface area contributed by atoms with E-state index in [0.717, 1.165) is 0 Å². The Kier molecular flexibility index (Phi) is 1.79. The van der Waals surface area contributed by atoms with E-state index >= 15 is 0 Å². The van der Waals surface area contributed by atoms with Crippen molar-refractivity contribution in [3.05, 3.63) is 0 Å². The van der Waals surface area contributed by atoms with Crippen molar-refractivity contribution < 1.29 is 18.7 Å². The molecule has 4 saturated carbocycles. The van der Waals surface area contributed by atoms with E-state index in [0.29, 0.717) is 6.42 Å². The van der Waals surface area contributed by atoms with Crippen LogP contribution < -0.4 is 0 Å². The van der Waals surface area contributed by atoms with E-state index in [1.807, 2.05) is 0 Å². The smallest absolute Gasteiger partial charge is 0.309 e. The molecule has 5 heteroatoms. The van der Waals surface area contributed by atoms with Crippen LogP contribution in [0.25, 0.3) is 0 Å². The largest absolute Gasteiger partial charge is 0.481 e. The second-order valence-electron chi connectivity index (χ2n) is 6.10. The van der Waals surface area contributed by atoms with Crippen molar-refractivity contribution in [2.24, 2.45) is 5.41 Å². The number of carboxylic acids is 1. The predicted molar refractivity (Wildman–Crippen MR) is 57.1 cm³/mol. The molecule has 0 saturated heterocycles. The summed E-state index contributed by atoms with van der Waals surface area (Å²) in [5.74, 6) is -1.04. The summed E-state index contributed by atoms with van der Waals surface area (Å²) in [7, 11) is 0. The fourth-order valence-electron chi connectivity index (χ4n) is 4.50. The fourth-order valence-corrected chi connectivity index (χ4v) is 6.04. The summed E-state index contributed by atoms with van der Waals surface area (Å²) < 4.78 is 28.2. The predicted octanol–water partition coefficient (Wildman–Crippen LogP) is 2.99. The molecule has 90 valence electrons. The monoisotopic (exact) mass is 294 g/mol. The first-order valence-electron chi connectivity index (χ1n) is 5.49. The molecule has 0 aromatic heterocycles. The molecular weight excluding hydrogens is 282 g/mol. The van der Waals surface area contributed by atoms with Gasteiger partial charge in [-0.2, -0.15) is 0 Å². The van der Waals surface area contributed by atoms with Crippen molar-refractivity contribution in [2.45, 2.75) is 54.2 Å². The highest BCUT2D eigenvalue weighted by Gasteiger charge is 2.71. The first-order chi connectivity index (χ1) is 7.19. The minimum absolute atomic E-state index is 0.0195. The minimum Gasteiger partial charge on any atom is -0.481 e. The molecular formula is C11H13BrF2O2. The van der Waals surface area contributed by atoms with Crippen LogP contribution in [0, 0.1) is 5.41 Å². The van der Waals surface area contributed by atoms with Gasteiger partial charge in [-0.05, 0) is 32.1 Å². The van der Waals surface area contributed by atoms with E-state index in [2.05, 4.69) is 15.9 Å². The Morgan fingerprint density at radius 2 is 1.50 bits per heavy atom. The molecule has 0 heterocycles. The van der Waals surface area contributed by atoms with E-state index < -0.39 is 27.0 Å². The van der Waals surface area contributed by atoms with Crippen LogP contribution in [0.4, 0.5) is 8.78 Å². The zero-order valence-electron chi connectivity index (χ0n) is 8.73. The van der Waals surface area contributed by atoms with Gasteiger partial charge in [0.1, 0.15) is 11.3 Å². The van der Waals surface area contributed by atoms with Gasteiger partial charge in [0.05, 0.1) is 5.41 Å². The van der Waals surface area contributed by atoms with Crippen LogP contribution in [-0.2, 0) is 4.79 Å². The number of rotatable bonds is 1. The summed E-state index contributed by atoms with van der Waals surface area (Å²) in [6, 6.07) is 0. The summed E-state index contributed by atoms with van der Waals surface area (Å²) in [5, 5.41) is 9.27. The van der Waals surface area contributed by atoms with Crippen LogP contribution in [0.2, 0.25) is 0 Å². The Hall–Kier alpha value is -0.190. The maximum Gasteiger partial charge on any atom is 0.309 e. The van der Waals surface area contributed by atoms with E-state index in [-0.39, 0.29) is 32.1 Å². The lowest BCUT2D eigenvalue weighted by molar-refractivity contribution is -0.191. The molecule has 4 bridgehead atoms. The van der Waals surface area contributed by atoms with Gasteiger partial charge in [0.2, 0.25) is 0 Å². The average Bonchev–Trinajstić information content (AvgIpc) is 1.92. The molecule has 2 unspecified atom stereocenters. The maximum atomic E-state index is 14.4. The zero-order chi connectivity index (χ0) is 11.8. The third-order valence-corrected chi connectivity index (χ3v) is 5.16. The van der Waals surface area contributed by atoms with Crippen LogP contribution in [0.1, 0.15) is 38.5 Å². The molecule has 0 amide bonds. The fraction of sp³-hybridized carbons (Fsp3) is 0.909. The normalized spacial score (nSPS) is 58.9. The first kappa shape index (κ1) is 10.9. The number of hydrogen-bond donors (Lipinski definition) is 1. The third kappa shape index (κ3) is 1.30. The Morgan fingerprint density at radius 3 is 1.88 bits per heavy atom. The molecule has 4 rings (SSSR count). The number of carbonyl (C=O) groups is 1. The summed E-state index contributed by atoms with van der Waals surface area (Å²) in [5.41, 5.74) is -4.46. The lowest BCUT2D eigenvalue weighted by atomic mass is 9.47. The van der Waals surface area contributed by atoms with Gasteiger partial charge in [-0.15, -0.1) is 0 Å². The van der Waals surface area contributed by atoms with E-state index in [1.54, 1.807) is 0 Å². The van der Waals surface area contributed by atoms with Crippen molar-refractivity contribution in [1.29, 1.82) is 0 Å². The van der Waals surface area contributed by atoms with E-state index in [1.165, 1.54) is 0 Å². The standard InChI is InChI=1S/C11H13BrF2O2/c12-9-1-8(7(15)16)2-10(13,4-9)6-11(14,3-8)5-9/h1-6H2,(H,15,16). The van der Waals surface area contributed by atoms with Crippen molar-refractivity contribution in [1.82, 2.24) is 0 Å². The van der Waals surface area contributed by atoms with Gasteiger partial charge < -0.3 is 5.11 Å². The van der Waals surface area contributed by atoms with Crippen LogP contribution in [-0.4, -0.2) is 26.7 Å². The van der Waals surface area contributed by atoms with Crippen LogP contribution in [0.15, 0.2) is 0 Å². The Bertz CT molecular complexity index is 331. The average molecular weight is 295 g/mol. The lowest BCUT2D eigenvalue weighted by Gasteiger charge is -2.62. The zero-order valence-corrected chi connectivity index (χ0v) is 10.3. The van der Waals surface area contributed by atoms with Crippen molar-refractivity contribution >= 4 is 21.9 Å². The Labute approximate surface area is 101 Å². The molecule has 0 radical (unpaired) electrons. The minimum atomic E-state index is -1.63. The number of carboxylic acid groups (broad SMARTS) is 1. The molecule has 1 N–H and O–H groups in total. The van der Waals surface area contributed by atoms with Gasteiger partial charge >= 0.3 is 5.97 Å². The molecule has 4 fully saturated rings. The van der Waals surface area contributed by atoms with Gasteiger partial charge in [-0.25, -0.2) is 8.78 Å². The van der Waals surface area contributed by atoms with Gasteiger partial charge in [-0.1, -0.05) is 15.9 Å². The molecule has 0 spiro atoms. The molecule has 0 aromatic rings. The summed E-state index contributed by atoms with van der Waals surface area (Å²) in [6.07, 6.45) is 0.694. The highest BCUT2D eigenvalue weighted by molar-refractivity contribution is 9.10. The number of hydrogen-bond acceptors (Lipinski definition) is 1. The molecule has 2 nitrogen and oxygen atoms in total. The van der Waals surface area contributed by atoms with Crippen molar-refractivity contribution in [3.63, 3.8) is 0 Å². The summed E-state index contributed by atoms with van der Waals surface area (Å²) in [6.45, 7) is 0. The van der Waals surface area contributed by atoms with Crippen LogP contribution in [0.3, 0.4) is 0 Å². The summed E-state index contributed by atoms with van der Waals surface area (Å²) in [4.78, 5) is 11.3. The topological polar surface area (TPSA) is 37.3 Å². The SMILES string of the molecule is O=C(O)C12CC3(F)CC(F)(CC(Br)(C3)C1)C2. The molecule has 0 aliphatic heterocycles. The highest BCUT2D eigenvalue weighted by atomic mass is 79.9. The quantitative estimate of drug-likeness (QED) is 0.755. The molecule has 2 atom stereocenters. The first-order valence-corrected chi connectivity index (χ1v) is 6.28. The molecule has 0 aromatic carbocycles. The van der Waals surface area contributed by atoms with Gasteiger partial charge in [0, 0.05) is 10.7 Å². The number of halogens is 3. The van der Waals surface area contributed by atoms with Crippen molar-refractivity contribution in [2.75, 3.05) is 0 Å². The third-order valence-electron chi connectivity index (χ3n) is 4.32. The second kappa shape index (κ2) is 2.62. The van der Waals surface area contributed by atoms with Crippen LogP contribution in [0.5, 0.6) is 0 Å². The Morgan fingerprint density at radius 1 is 1.00 bits per heavy atom. The molecule has 4 aliphatic carbocycles. The van der Waals surface area contributed by atoms with Crippen molar-refractivity contribution in [3.8, 4) is 0 Å². The molecule has 4 aliphatic rings. The van der Waals surface area contributed by atoms with Crippen LogP contribution >= 0.6 is 15.9 Å². The van der Waals surface area contributed by atoms with E-state index in [9.17, 15) is 18.7 Å². The molecule has 16 heavy (non-hydrogen) atoms. The lowest BCUT2D eigenvalue weighted by Crippen LogP contribution is -2.66. The van der Waals surface area contributed by atoms with E-state index in [4.69, 9.17) is 0 Å². The second-order valence-corrected chi connectivity index (χ2v) is 7.78.